The van der Waals surface area contributed by atoms with Crippen molar-refractivity contribution in [3.05, 3.63) is 44.7 Å². The summed E-state index contributed by atoms with van der Waals surface area (Å²) < 4.78 is 6.00. The van der Waals surface area contributed by atoms with Crippen molar-refractivity contribution in [2.45, 2.75) is 0 Å². The zero-order chi connectivity index (χ0) is 15.7. The Bertz CT molecular complexity index is 755. The number of nitriles is 1. The highest BCUT2D eigenvalue weighted by Gasteiger charge is 2.24. The number of hydrogen-bond acceptors (Lipinski definition) is 4. The second-order valence-corrected chi connectivity index (χ2v) is 5.25. The molecule has 1 aromatic carbocycles. The topological polar surface area (TPSA) is 81.0 Å². The van der Waals surface area contributed by atoms with Gasteiger partial charge in [-0.2, -0.15) is 5.26 Å². The molecule has 2 N–H and O–H groups in total. The van der Waals surface area contributed by atoms with Crippen LogP contribution in [0.5, 0.6) is 0 Å². The maximum Gasteiger partial charge on any atom is 0.357 e. The number of carbonyl (C=O) groups excluding carboxylic acids is 1. The van der Waals surface area contributed by atoms with Crippen molar-refractivity contribution in [2.75, 3.05) is 12.8 Å². The summed E-state index contributed by atoms with van der Waals surface area (Å²) in [6.45, 7) is 0. The molecule has 108 valence electrons. The molecule has 0 atom stereocenters. The minimum absolute atomic E-state index is 0.00793. The van der Waals surface area contributed by atoms with Crippen LogP contribution in [0, 0.1) is 11.3 Å². The Morgan fingerprint density at radius 2 is 1.90 bits per heavy atom. The number of nitrogen functional groups attached to an aromatic ring is 1. The third-order valence-corrected chi connectivity index (χ3v) is 3.56. The van der Waals surface area contributed by atoms with Crippen LogP contribution in [-0.2, 0) is 4.74 Å². The molecule has 2 aromatic rings. The number of rotatable bonds is 2. The van der Waals surface area contributed by atoms with Crippen molar-refractivity contribution in [3.8, 4) is 11.8 Å². The van der Waals surface area contributed by atoms with E-state index < -0.39 is 5.97 Å². The number of esters is 1. The quantitative estimate of drug-likeness (QED) is 0.843. The Labute approximate surface area is 135 Å². The molecule has 21 heavy (non-hydrogen) atoms. The summed E-state index contributed by atoms with van der Waals surface area (Å²) in [6, 6.07) is 4.82. The van der Waals surface area contributed by atoms with E-state index in [1.54, 1.807) is 0 Å². The van der Waals surface area contributed by atoms with Crippen molar-refractivity contribution in [3.63, 3.8) is 0 Å². The highest BCUT2D eigenvalue weighted by Crippen LogP contribution is 2.35. The lowest BCUT2D eigenvalue weighted by molar-refractivity contribution is 0.0593. The fourth-order valence-electron chi connectivity index (χ4n) is 1.86. The van der Waals surface area contributed by atoms with Gasteiger partial charge in [0.05, 0.1) is 34.1 Å². The van der Waals surface area contributed by atoms with Crippen LogP contribution in [0.2, 0.25) is 15.1 Å². The summed E-state index contributed by atoms with van der Waals surface area (Å²) in [4.78, 5) is 11.9. The van der Waals surface area contributed by atoms with Crippen molar-refractivity contribution in [1.29, 1.82) is 5.26 Å². The lowest BCUT2D eigenvalue weighted by Gasteiger charge is -2.12. The lowest BCUT2D eigenvalue weighted by Crippen LogP contribution is -2.11. The molecule has 0 amide bonds. The first kappa shape index (κ1) is 15.5. The molecule has 1 aromatic heterocycles. The van der Waals surface area contributed by atoms with E-state index in [9.17, 15) is 4.79 Å². The van der Waals surface area contributed by atoms with Crippen LogP contribution < -0.4 is 5.73 Å². The molecule has 0 saturated carbocycles. The van der Waals surface area contributed by atoms with E-state index in [1.165, 1.54) is 30.0 Å². The largest absolute Gasteiger partial charge is 0.464 e. The van der Waals surface area contributed by atoms with Crippen molar-refractivity contribution >= 4 is 46.5 Å². The standard InChI is InChI=1S/C13H8Cl3N3O2/c1-21-13(20)12-10(18)6(4-17)5-19(12)11-8(15)2-7(14)3-9(11)16/h2-3,5H,18H2,1H3. The Balaban J connectivity index is 2.82. The number of ether oxygens (including phenoxy) is 1. The van der Waals surface area contributed by atoms with Gasteiger partial charge in [-0.1, -0.05) is 34.8 Å². The van der Waals surface area contributed by atoms with E-state index in [0.717, 1.165) is 0 Å². The van der Waals surface area contributed by atoms with Gasteiger partial charge in [0.25, 0.3) is 0 Å². The molecule has 2 rings (SSSR count). The van der Waals surface area contributed by atoms with Crippen LogP contribution in [-0.4, -0.2) is 17.6 Å². The highest BCUT2D eigenvalue weighted by atomic mass is 35.5. The number of benzene rings is 1. The predicted molar refractivity (Wildman–Crippen MR) is 81.3 cm³/mol. The fraction of sp³-hybridized carbons (Fsp3) is 0.0769. The zero-order valence-electron chi connectivity index (χ0n) is 10.7. The Morgan fingerprint density at radius 1 is 1.33 bits per heavy atom. The van der Waals surface area contributed by atoms with E-state index in [1.807, 2.05) is 6.07 Å². The third-order valence-electron chi connectivity index (χ3n) is 2.77. The van der Waals surface area contributed by atoms with Gasteiger partial charge in [0, 0.05) is 11.2 Å². The van der Waals surface area contributed by atoms with Crippen LogP contribution in [0.4, 0.5) is 5.69 Å². The second kappa shape index (κ2) is 5.86. The maximum atomic E-state index is 11.9. The minimum atomic E-state index is -0.712. The summed E-state index contributed by atoms with van der Waals surface area (Å²) in [7, 11) is 1.20. The van der Waals surface area contributed by atoms with Crippen molar-refractivity contribution in [1.82, 2.24) is 4.57 Å². The number of methoxy groups -OCH3 is 1. The lowest BCUT2D eigenvalue weighted by atomic mass is 10.2. The summed E-state index contributed by atoms with van der Waals surface area (Å²) in [6.07, 6.45) is 1.36. The number of carbonyl (C=O) groups is 1. The molecule has 0 aliphatic carbocycles. The Hall–Kier alpha value is -1.87. The molecule has 0 spiro atoms. The van der Waals surface area contributed by atoms with E-state index in [2.05, 4.69) is 4.74 Å². The first-order valence-corrected chi connectivity index (χ1v) is 6.68. The van der Waals surface area contributed by atoms with Crippen LogP contribution >= 0.6 is 34.8 Å². The summed E-state index contributed by atoms with van der Waals surface area (Å²) in [5.74, 6) is -0.712. The maximum absolute atomic E-state index is 11.9. The number of halogens is 3. The van der Waals surface area contributed by atoms with Crippen LogP contribution in [0.15, 0.2) is 18.3 Å². The average Bonchev–Trinajstić information content (AvgIpc) is 2.73. The van der Waals surface area contributed by atoms with Gasteiger partial charge in [-0.3, -0.25) is 0 Å². The molecule has 8 heteroatoms. The van der Waals surface area contributed by atoms with Crippen molar-refractivity contribution in [2.24, 2.45) is 0 Å². The number of nitrogens with zero attached hydrogens (tertiary/aromatic N) is 2. The molecule has 5 nitrogen and oxygen atoms in total. The SMILES string of the molecule is COC(=O)c1c(N)c(C#N)cn1-c1c(Cl)cc(Cl)cc1Cl. The molecule has 1 heterocycles. The number of aromatic nitrogens is 1. The van der Waals surface area contributed by atoms with Crippen molar-refractivity contribution < 1.29 is 9.53 Å². The molecular weight excluding hydrogens is 337 g/mol. The fourth-order valence-corrected chi connectivity index (χ4v) is 2.85. The first-order chi connectivity index (χ1) is 9.90. The zero-order valence-corrected chi connectivity index (χ0v) is 12.9. The average molecular weight is 345 g/mol. The molecule has 0 radical (unpaired) electrons. The van der Waals surface area contributed by atoms with Crippen LogP contribution in [0.3, 0.4) is 0 Å². The predicted octanol–water partition coefficient (Wildman–Crippen LogP) is 3.68. The first-order valence-electron chi connectivity index (χ1n) is 5.54. The van der Waals surface area contributed by atoms with Crippen LogP contribution in [0.25, 0.3) is 5.69 Å². The normalized spacial score (nSPS) is 10.2. The Morgan fingerprint density at radius 3 is 2.38 bits per heavy atom. The smallest absolute Gasteiger partial charge is 0.357 e. The summed E-state index contributed by atoms with van der Waals surface area (Å²) >= 11 is 18.1. The number of hydrogen-bond donors (Lipinski definition) is 1. The molecule has 0 aliphatic rings. The molecule has 0 bridgehead atoms. The number of anilines is 1. The third kappa shape index (κ3) is 2.66. The molecule has 0 unspecified atom stereocenters. The van der Waals surface area contributed by atoms with Gasteiger partial charge in [0.1, 0.15) is 6.07 Å². The van der Waals surface area contributed by atoms with E-state index in [4.69, 9.17) is 45.8 Å². The number of nitrogens with two attached hydrogens (primary N) is 1. The van der Waals surface area contributed by atoms with E-state index >= 15 is 0 Å². The van der Waals surface area contributed by atoms with Gasteiger partial charge in [0.2, 0.25) is 0 Å². The minimum Gasteiger partial charge on any atom is -0.464 e. The van der Waals surface area contributed by atoms with E-state index in [0.29, 0.717) is 5.02 Å². The van der Waals surface area contributed by atoms with E-state index in [-0.39, 0.29) is 32.7 Å². The van der Waals surface area contributed by atoms with Gasteiger partial charge in [-0.05, 0) is 12.1 Å². The Kier molecular flexibility index (Phi) is 4.33. The summed E-state index contributed by atoms with van der Waals surface area (Å²) in [5, 5.41) is 9.81. The highest BCUT2D eigenvalue weighted by molar-refractivity contribution is 6.40. The van der Waals surface area contributed by atoms with Gasteiger partial charge < -0.3 is 15.0 Å². The molecule has 0 fully saturated rings. The summed E-state index contributed by atoms with van der Waals surface area (Å²) in [5.41, 5.74) is 6.16. The molecule has 0 saturated heterocycles. The van der Waals surface area contributed by atoms with Crippen LogP contribution in [0.1, 0.15) is 16.1 Å². The monoisotopic (exact) mass is 343 g/mol. The molecular formula is C13H8Cl3N3O2. The molecule has 0 aliphatic heterocycles. The van der Waals surface area contributed by atoms with Gasteiger partial charge in [-0.25, -0.2) is 4.79 Å². The van der Waals surface area contributed by atoms with Gasteiger partial charge in [-0.15, -0.1) is 0 Å². The second-order valence-electron chi connectivity index (χ2n) is 4.00. The van der Waals surface area contributed by atoms with Gasteiger partial charge in [0.15, 0.2) is 5.69 Å². The van der Waals surface area contributed by atoms with Gasteiger partial charge >= 0.3 is 5.97 Å².